The van der Waals surface area contributed by atoms with Crippen LogP contribution in [0.3, 0.4) is 0 Å². The number of ether oxygens (including phenoxy) is 2. The van der Waals surface area contributed by atoms with Gasteiger partial charge < -0.3 is 9.47 Å². The van der Waals surface area contributed by atoms with Gasteiger partial charge in [-0.2, -0.15) is 15.8 Å². The van der Waals surface area contributed by atoms with Crippen molar-refractivity contribution < 1.29 is 9.47 Å². The second-order valence-corrected chi connectivity index (χ2v) is 8.49. The largest absolute Gasteiger partial charge is 0.448 e. The fraction of sp³-hybridized carbons (Fsp3) is 0.524. The van der Waals surface area contributed by atoms with Crippen LogP contribution in [0.1, 0.15) is 51.8 Å². The summed E-state index contributed by atoms with van der Waals surface area (Å²) in [5.74, 6) is -2.28. The van der Waals surface area contributed by atoms with Crippen LogP contribution in [0, 0.1) is 56.2 Å². The summed E-state index contributed by atoms with van der Waals surface area (Å²) in [6, 6.07) is 13.7. The fourth-order valence-electron chi connectivity index (χ4n) is 4.17. The lowest BCUT2D eigenvalue weighted by atomic mass is 9.54. The van der Waals surface area contributed by atoms with Gasteiger partial charge in [-0.25, -0.2) is 0 Å². The van der Waals surface area contributed by atoms with E-state index in [1.165, 1.54) is 0 Å². The van der Waals surface area contributed by atoms with Crippen LogP contribution in [0.15, 0.2) is 24.3 Å². The fourth-order valence-corrected chi connectivity index (χ4v) is 4.17. The molecule has 6 heteroatoms. The van der Waals surface area contributed by atoms with E-state index in [0.29, 0.717) is 5.56 Å². The van der Waals surface area contributed by atoms with Crippen molar-refractivity contribution in [3.63, 3.8) is 0 Å². The van der Waals surface area contributed by atoms with Crippen molar-refractivity contribution >= 4 is 5.90 Å². The maximum Gasteiger partial charge on any atom is 0.214 e. The van der Waals surface area contributed by atoms with E-state index in [-0.39, 0.29) is 11.3 Å². The predicted octanol–water partition coefficient (Wildman–Crippen LogP) is 3.96. The Hall–Kier alpha value is -2.88. The molecule has 2 saturated heterocycles. The van der Waals surface area contributed by atoms with Gasteiger partial charge in [-0.15, -0.1) is 0 Å². The Morgan fingerprint density at radius 1 is 1.04 bits per heavy atom. The van der Waals surface area contributed by atoms with E-state index >= 15 is 0 Å². The molecule has 2 aliphatic rings. The minimum atomic E-state index is -1.89. The van der Waals surface area contributed by atoms with E-state index in [9.17, 15) is 15.8 Å². The molecule has 27 heavy (non-hydrogen) atoms. The minimum absolute atomic E-state index is 0.0495. The zero-order valence-electron chi connectivity index (χ0n) is 16.1. The van der Waals surface area contributed by atoms with Gasteiger partial charge in [-0.1, -0.05) is 52.0 Å². The summed E-state index contributed by atoms with van der Waals surface area (Å²) in [5, 5.41) is 38.4. The average molecular weight is 362 g/mol. The van der Waals surface area contributed by atoms with Gasteiger partial charge in [0.25, 0.3) is 0 Å². The number of hydrogen-bond acceptors (Lipinski definition) is 6. The van der Waals surface area contributed by atoms with Crippen LogP contribution in [0.4, 0.5) is 0 Å². The van der Waals surface area contributed by atoms with Crippen LogP contribution in [0.25, 0.3) is 0 Å². The van der Waals surface area contributed by atoms with E-state index in [0.717, 1.165) is 5.56 Å². The molecule has 2 bridgehead atoms. The van der Waals surface area contributed by atoms with Gasteiger partial charge in [0.2, 0.25) is 17.1 Å². The van der Waals surface area contributed by atoms with E-state index in [1.807, 2.05) is 36.4 Å². The smallest absolute Gasteiger partial charge is 0.214 e. The SMILES string of the molecule is CC1C2(C)OC(=N)C1(C#N)C(C#N)(C#N)C(c1ccc(C(C)(C)C)cc1)O2. The Morgan fingerprint density at radius 3 is 2.04 bits per heavy atom. The van der Waals surface area contributed by atoms with Crippen LogP contribution >= 0.6 is 0 Å². The summed E-state index contributed by atoms with van der Waals surface area (Å²) in [7, 11) is 0. The molecule has 138 valence electrons. The van der Waals surface area contributed by atoms with Gasteiger partial charge in [-0.05, 0) is 16.5 Å². The lowest BCUT2D eigenvalue weighted by molar-refractivity contribution is -0.268. The van der Waals surface area contributed by atoms with Crippen molar-refractivity contribution in [2.24, 2.45) is 16.7 Å². The van der Waals surface area contributed by atoms with Crippen LogP contribution in [0.5, 0.6) is 0 Å². The zero-order valence-corrected chi connectivity index (χ0v) is 16.1. The molecule has 2 aliphatic heterocycles. The maximum atomic E-state index is 10.0. The van der Waals surface area contributed by atoms with Gasteiger partial charge >= 0.3 is 0 Å². The molecule has 0 amide bonds. The summed E-state index contributed by atoms with van der Waals surface area (Å²) >= 11 is 0. The van der Waals surface area contributed by atoms with Gasteiger partial charge in [0.1, 0.15) is 6.10 Å². The highest BCUT2D eigenvalue weighted by Gasteiger charge is 2.78. The molecule has 0 aliphatic carbocycles. The normalized spacial score (nSPS) is 34.1. The summed E-state index contributed by atoms with van der Waals surface area (Å²) in [4.78, 5) is 0. The highest BCUT2D eigenvalue weighted by atomic mass is 16.7. The van der Waals surface area contributed by atoms with Crippen LogP contribution in [-0.4, -0.2) is 11.7 Å². The average Bonchev–Trinajstić information content (AvgIpc) is 2.76. The van der Waals surface area contributed by atoms with Gasteiger partial charge in [0.15, 0.2) is 5.41 Å². The van der Waals surface area contributed by atoms with E-state index in [4.69, 9.17) is 14.9 Å². The summed E-state index contributed by atoms with van der Waals surface area (Å²) < 4.78 is 11.7. The standard InChI is InChI=1S/C21H22N4O2/c1-13-19(5)26-16(14-6-8-15(9-7-14)18(2,3)4)20(10-22,11-23)21(13,12-24)17(25)27-19/h6-9,13,16,25H,1-5H3. The number of nitrogens with zero attached hydrogens (tertiary/aromatic N) is 3. The molecule has 3 rings (SSSR count). The third-order valence-electron chi connectivity index (χ3n) is 6.07. The van der Waals surface area contributed by atoms with Crippen molar-refractivity contribution in [3.8, 4) is 18.2 Å². The molecule has 2 heterocycles. The molecule has 6 nitrogen and oxygen atoms in total. The number of fused-ring (bicyclic) bond motifs is 2. The molecule has 0 aromatic heterocycles. The highest BCUT2D eigenvalue weighted by molar-refractivity contribution is 5.89. The zero-order chi connectivity index (χ0) is 20.3. The molecule has 0 spiro atoms. The minimum Gasteiger partial charge on any atom is -0.448 e. The van der Waals surface area contributed by atoms with Crippen molar-refractivity contribution in [1.82, 2.24) is 0 Å². The lowest BCUT2D eigenvalue weighted by Crippen LogP contribution is -2.57. The van der Waals surface area contributed by atoms with E-state index in [1.54, 1.807) is 13.8 Å². The second kappa shape index (κ2) is 5.56. The Labute approximate surface area is 159 Å². The molecule has 1 N–H and O–H groups in total. The third-order valence-corrected chi connectivity index (χ3v) is 6.07. The predicted molar refractivity (Wildman–Crippen MR) is 97.1 cm³/mol. The van der Waals surface area contributed by atoms with Gasteiger partial charge in [0.05, 0.1) is 24.1 Å². The summed E-state index contributed by atoms with van der Waals surface area (Å²) in [6.07, 6.45) is -1.01. The number of nitrogens with one attached hydrogen (secondary N) is 1. The molecular weight excluding hydrogens is 340 g/mol. The van der Waals surface area contributed by atoms with E-state index in [2.05, 4.69) is 26.8 Å². The molecule has 2 fully saturated rings. The maximum absolute atomic E-state index is 10.0. The Bertz CT molecular complexity index is 911. The lowest BCUT2D eigenvalue weighted by Gasteiger charge is -2.47. The molecule has 0 radical (unpaired) electrons. The van der Waals surface area contributed by atoms with Gasteiger partial charge in [-0.3, -0.25) is 5.41 Å². The number of nitriles is 3. The highest BCUT2D eigenvalue weighted by Crippen LogP contribution is 2.66. The van der Waals surface area contributed by atoms with Crippen LogP contribution in [0.2, 0.25) is 0 Å². The first-order valence-corrected chi connectivity index (χ1v) is 8.82. The number of benzene rings is 1. The second-order valence-electron chi connectivity index (χ2n) is 8.49. The molecule has 1 aromatic carbocycles. The Morgan fingerprint density at radius 2 is 1.59 bits per heavy atom. The van der Waals surface area contributed by atoms with Gasteiger partial charge in [0, 0.05) is 6.92 Å². The first-order valence-electron chi connectivity index (χ1n) is 8.82. The Kier molecular flexibility index (Phi) is 3.89. The topological polar surface area (TPSA) is 114 Å². The van der Waals surface area contributed by atoms with Crippen molar-refractivity contribution in [1.29, 1.82) is 21.2 Å². The van der Waals surface area contributed by atoms with Crippen LogP contribution < -0.4 is 0 Å². The molecule has 4 unspecified atom stereocenters. The molecule has 0 saturated carbocycles. The monoisotopic (exact) mass is 362 g/mol. The number of rotatable bonds is 1. The Balaban J connectivity index is 2.23. The molecule has 1 aromatic rings. The van der Waals surface area contributed by atoms with Crippen molar-refractivity contribution in [3.05, 3.63) is 35.4 Å². The first kappa shape index (κ1) is 18.9. The summed E-state index contributed by atoms with van der Waals surface area (Å²) in [5.41, 5.74) is -1.93. The number of hydrogen-bond donors (Lipinski definition) is 1. The van der Waals surface area contributed by atoms with Crippen molar-refractivity contribution in [2.45, 2.75) is 51.9 Å². The van der Waals surface area contributed by atoms with E-state index < -0.39 is 28.6 Å². The van der Waals surface area contributed by atoms with Crippen LogP contribution in [-0.2, 0) is 14.9 Å². The van der Waals surface area contributed by atoms with Crippen molar-refractivity contribution in [2.75, 3.05) is 0 Å². The third kappa shape index (κ3) is 2.16. The first-order chi connectivity index (χ1) is 12.5. The quantitative estimate of drug-likeness (QED) is 0.812. The molecule has 4 atom stereocenters. The molecular formula is C21H22N4O2. The summed E-state index contributed by atoms with van der Waals surface area (Å²) in [6.45, 7) is 9.62.